The Hall–Kier alpha value is -2.17. The van der Waals surface area contributed by atoms with E-state index in [-0.39, 0.29) is 5.91 Å². The van der Waals surface area contributed by atoms with Crippen LogP contribution in [0.4, 0.5) is 0 Å². The second kappa shape index (κ2) is 8.28. The number of nitrogens with zero attached hydrogens (tertiary/aromatic N) is 3. The lowest BCUT2D eigenvalue weighted by molar-refractivity contribution is 0.0953. The second-order valence-electron chi connectivity index (χ2n) is 7.03. The molecule has 2 aromatic rings. The molecule has 0 bridgehead atoms. The third kappa shape index (κ3) is 4.47. The van der Waals surface area contributed by atoms with Crippen molar-refractivity contribution in [2.24, 2.45) is 0 Å². The number of carbonyl (C=O) groups excluding carboxylic acids is 1. The van der Waals surface area contributed by atoms with Crippen molar-refractivity contribution in [2.75, 3.05) is 6.54 Å². The Morgan fingerprint density at radius 3 is 2.56 bits per heavy atom. The lowest BCUT2D eigenvalue weighted by Crippen LogP contribution is -2.27. The number of hydrogen-bond donors (Lipinski definition) is 1. The molecule has 1 aliphatic carbocycles. The summed E-state index contributed by atoms with van der Waals surface area (Å²) >= 11 is 0. The zero-order valence-corrected chi connectivity index (χ0v) is 15.3. The lowest BCUT2D eigenvalue weighted by Gasteiger charge is -2.21. The molecule has 0 atom stereocenters. The molecule has 2 heterocycles. The minimum Gasteiger partial charge on any atom is -0.352 e. The van der Waals surface area contributed by atoms with Crippen LogP contribution in [0, 0.1) is 13.8 Å². The van der Waals surface area contributed by atoms with Crippen LogP contribution in [0.1, 0.15) is 72.1 Å². The number of aryl methyl sites for hydroxylation is 2. The van der Waals surface area contributed by atoms with Gasteiger partial charge in [0.1, 0.15) is 5.82 Å². The SMILES string of the molecule is Cc1ccc(C(=O)NCCc2ncc(C)n2C2CCCCCC2)cn1. The maximum atomic E-state index is 12.2. The molecule has 0 unspecified atom stereocenters. The summed E-state index contributed by atoms with van der Waals surface area (Å²) in [6.45, 7) is 4.64. The molecule has 2 aromatic heterocycles. The Balaban J connectivity index is 1.60. The van der Waals surface area contributed by atoms with Gasteiger partial charge in [-0.15, -0.1) is 0 Å². The number of rotatable bonds is 5. The summed E-state index contributed by atoms with van der Waals surface area (Å²) in [6, 6.07) is 4.24. The van der Waals surface area contributed by atoms with E-state index in [0.29, 0.717) is 18.2 Å². The standard InChI is InChI=1S/C20H28N4O/c1-15-9-10-17(14-22-15)20(25)21-12-11-19-23-13-16(2)24(19)18-7-5-3-4-6-8-18/h9-10,13-14,18H,3-8,11-12H2,1-2H3,(H,21,25). The van der Waals surface area contributed by atoms with Crippen molar-refractivity contribution >= 4 is 5.91 Å². The van der Waals surface area contributed by atoms with Gasteiger partial charge in [-0.05, 0) is 38.8 Å². The van der Waals surface area contributed by atoms with E-state index in [1.54, 1.807) is 6.20 Å². The highest BCUT2D eigenvalue weighted by Gasteiger charge is 2.19. The molecular formula is C20H28N4O. The first-order valence-electron chi connectivity index (χ1n) is 9.38. The van der Waals surface area contributed by atoms with Gasteiger partial charge in [-0.1, -0.05) is 25.7 Å². The topological polar surface area (TPSA) is 59.8 Å². The average Bonchev–Trinajstić information content (AvgIpc) is 2.81. The van der Waals surface area contributed by atoms with Gasteiger partial charge in [-0.3, -0.25) is 9.78 Å². The monoisotopic (exact) mass is 340 g/mol. The number of amides is 1. The summed E-state index contributed by atoms with van der Waals surface area (Å²) in [4.78, 5) is 21.0. The highest BCUT2D eigenvalue weighted by atomic mass is 16.1. The van der Waals surface area contributed by atoms with Gasteiger partial charge in [0.25, 0.3) is 5.91 Å². The third-order valence-electron chi connectivity index (χ3n) is 5.06. The molecule has 25 heavy (non-hydrogen) atoms. The second-order valence-corrected chi connectivity index (χ2v) is 7.03. The molecule has 0 saturated heterocycles. The highest BCUT2D eigenvalue weighted by molar-refractivity contribution is 5.93. The number of imidazole rings is 1. The summed E-state index contributed by atoms with van der Waals surface area (Å²) in [7, 11) is 0. The van der Waals surface area contributed by atoms with Gasteiger partial charge in [-0.2, -0.15) is 0 Å². The molecule has 0 aliphatic heterocycles. The molecular weight excluding hydrogens is 312 g/mol. The van der Waals surface area contributed by atoms with Gasteiger partial charge in [0.2, 0.25) is 0 Å². The predicted octanol–water partition coefficient (Wildman–Crippen LogP) is 3.76. The Morgan fingerprint density at radius 1 is 1.12 bits per heavy atom. The van der Waals surface area contributed by atoms with E-state index >= 15 is 0 Å². The van der Waals surface area contributed by atoms with Crippen molar-refractivity contribution in [1.29, 1.82) is 0 Å². The van der Waals surface area contributed by atoms with Crippen LogP contribution in [-0.2, 0) is 6.42 Å². The fourth-order valence-electron chi connectivity index (χ4n) is 3.69. The minimum atomic E-state index is -0.0724. The first kappa shape index (κ1) is 17.6. The van der Waals surface area contributed by atoms with E-state index in [1.807, 2.05) is 25.3 Å². The maximum Gasteiger partial charge on any atom is 0.252 e. The molecule has 5 nitrogen and oxygen atoms in total. The van der Waals surface area contributed by atoms with Crippen molar-refractivity contribution < 1.29 is 4.79 Å². The molecule has 134 valence electrons. The Labute approximate surface area is 149 Å². The van der Waals surface area contributed by atoms with E-state index < -0.39 is 0 Å². The minimum absolute atomic E-state index is 0.0724. The van der Waals surface area contributed by atoms with Crippen LogP contribution in [0.5, 0.6) is 0 Å². The zero-order valence-electron chi connectivity index (χ0n) is 15.3. The van der Waals surface area contributed by atoms with Gasteiger partial charge < -0.3 is 9.88 Å². The number of aromatic nitrogens is 3. The van der Waals surface area contributed by atoms with Crippen LogP contribution in [0.25, 0.3) is 0 Å². The van der Waals surface area contributed by atoms with Gasteiger partial charge in [0.05, 0.1) is 5.56 Å². The van der Waals surface area contributed by atoms with Gasteiger partial charge >= 0.3 is 0 Å². The number of carbonyl (C=O) groups is 1. The molecule has 3 rings (SSSR count). The van der Waals surface area contributed by atoms with Crippen LogP contribution in [0.3, 0.4) is 0 Å². The quantitative estimate of drug-likeness (QED) is 0.843. The van der Waals surface area contributed by atoms with Crippen LogP contribution < -0.4 is 5.32 Å². The molecule has 1 saturated carbocycles. The predicted molar refractivity (Wildman–Crippen MR) is 98.7 cm³/mol. The molecule has 1 N–H and O–H groups in total. The van der Waals surface area contributed by atoms with E-state index in [4.69, 9.17) is 0 Å². The number of nitrogens with one attached hydrogen (secondary N) is 1. The van der Waals surface area contributed by atoms with Crippen LogP contribution in [-0.4, -0.2) is 27.0 Å². The van der Waals surface area contributed by atoms with E-state index in [9.17, 15) is 4.79 Å². The van der Waals surface area contributed by atoms with Crippen LogP contribution in [0.2, 0.25) is 0 Å². The normalized spacial score (nSPS) is 15.8. The van der Waals surface area contributed by atoms with Crippen molar-refractivity contribution in [3.8, 4) is 0 Å². The van der Waals surface area contributed by atoms with E-state index in [1.165, 1.54) is 44.2 Å². The Morgan fingerprint density at radius 2 is 1.88 bits per heavy atom. The van der Waals surface area contributed by atoms with Crippen molar-refractivity contribution in [1.82, 2.24) is 19.9 Å². The summed E-state index contributed by atoms with van der Waals surface area (Å²) in [6.07, 6.45) is 12.1. The largest absolute Gasteiger partial charge is 0.352 e. The maximum absolute atomic E-state index is 12.2. The summed E-state index contributed by atoms with van der Waals surface area (Å²) in [5.74, 6) is 1.02. The first-order valence-corrected chi connectivity index (χ1v) is 9.38. The fourth-order valence-corrected chi connectivity index (χ4v) is 3.69. The zero-order chi connectivity index (χ0) is 17.6. The van der Waals surface area contributed by atoms with Gasteiger partial charge in [-0.25, -0.2) is 4.98 Å². The smallest absolute Gasteiger partial charge is 0.252 e. The van der Waals surface area contributed by atoms with Crippen molar-refractivity contribution in [3.63, 3.8) is 0 Å². The van der Waals surface area contributed by atoms with E-state index in [2.05, 4.69) is 26.8 Å². The third-order valence-corrected chi connectivity index (χ3v) is 5.06. The average molecular weight is 340 g/mol. The Bertz CT molecular complexity index is 697. The fraction of sp³-hybridized carbons (Fsp3) is 0.550. The summed E-state index contributed by atoms with van der Waals surface area (Å²) in [5, 5.41) is 2.99. The van der Waals surface area contributed by atoms with Crippen LogP contribution in [0.15, 0.2) is 24.5 Å². The van der Waals surface area contributed by atoms with Gasteiger partial charge in [0, 0.05) is 42.8 Å². The van der Waals surface area contributed by atoms with Crippen molar-refractivity contribution in [3.05, 3.63) is 47.3 Å². The van der Waals surface area contributed by atoms with Gasteiger partial charge in [0.15, 0.2) is 0 Å². The van der Waals surface area contributed by atoms with E-state index in [0.717, 1.165) is 17.9 Å². The molecule has 1 aliphatic rings. The summed E-state index contributed by atoms with van der Waals surface area (Å²) < 4.78 is 2.41. The number of pyridine rings is 1. The molecule has 1 fully saturated rings. The lowest BCUT2D eigenvalue weighted by atomic mass is 10.1. The first-order chi connectivity index (χ1) is 12.1. The molecule has 0 spiro atoms. The Kier molecular flexibility index (Phi) is 5.84. The highest BCUT2D eigenvalue weighted by Crippen LogP contribution is 2.29. The molecule has 5 heteroatoms. The molecule has 0 aromatic carbocycles. The molecule has 0 radical (unpaired) electrons. The van der Waals surface area contributed by atoms with Crippen molar-refractivity contribution in [2.45, 2.75) is 64.8 Å². The van der Waals surface area contributed by atoms with Crippen LogP contribution >= 0.6 is 0 Å². The number of hydrogen-bond acceptors (Lipinski definition) is 3. The molecule has 1 amide bonds. The summed E-state index contributed by atoms with van der Waals surface area (Å²) in [5.41, 5.74) is 2.75.